The molecule has 1 saturated heterocycles. The van der Waals surface area contributed by atoms with Gasteiger partial charge in [-0.3, -0.25) is 0 Å². The molecule has 1 fully saturated rings. The zero-order chi connectivity index (χ0) is 12.3. The van der Waals surface area contributed by atoms with Crippen LogP contribution in [0.1, 0.15) is 18.4 Å². The molecule has 0 amide bonds. The van der Waals surface area contributed by atoms with Crippen LogP contribution in [-0.4, -0.2) is 30.5 Å². The second kappa shape index (κ2) is 4.94. The Kier molecular flexibility index (Phi) is 3.54. The van der Waals surface area contributed by atoms with Gasteiger partial charge in [0.05, 0.1) is 5.60 Å². The fourth-order valence-corrected chi connectivity index (χ4v) is 2.03. The van der Waals surface area contributed by atoms with E-state index in [0.29, 0.717) is 32.6 Å². The highest BCUT2D eigenvalue weighted by molar-refractivity contribution is 5.62. The lowest BCUT2D eigenvalue weighted by Crippen LogP contribution is -2.42. The zero-order valence-electron chi connectivity index (χ0n) is 10.2. The maximum absolute atomic E-state index is 10.3. The molecule has 1 aromatic carbocycles. The van der Waals surface area contributed by atoms with Gasteiger partial charge < -0.3 is 20.9 Å². The average Bonchev–Trinajstić information content (AvgIpc) is 2.32. The topological polar surface area (TPSA) is 67.5 Å². The Bertz CT molecular complexity index is 387. The first-order chi connectivity index (χ1) is 8.11. The highest BCUT2D eigenvalue weighted by Gasteiger charge is 2.29. The number of benzene rings is 1. The maximum atomic E-state index is 10.3. The van der Waals surface area contributed by atoms with E-state index in [0.717, 1.165) is 16.9 Å². The van der Waals surface area contributed by atoms with Crippen LogP contribution in [0.2, 0.25) is 0 Å². The van der Waals surface area contributed by atoms with Gasteiger partial charge in [0.2, 0.25) is 0 Å². The number of nitrogens with one attached hydrogen (secondary N) is 1. The minimum absolute atomic E-state index is 0.542. The van der Waals surface area contributed by atoms with Crippen molar-refractivity contribution in [1.29, 1.82) is 0 Å². The number of rotatable bonds is 3. The summed E-state index contributed by atoms with van der Waals surface area (Å²) in [6.45, 7) is 3.79. The van der Waals surface area contributed by atoms with Crippen LogP contribution in [0.5, 0.6) is 0 Å². The van der Waals surface area contributed by atoms with Crippen molar-refractivity contribution in [2.24, 2.45) is 0 Å². The van der Waals surface area contributed by atoms with E-state index >= 15 is 0 Å². The van der Waals surface area contributed by atoms with Crippen molar-refractivity contribution in [2.45, 2.75) is 25.4 Å². The maximum Gasteiger partial charge on any atom is 0.0863 e. The number of nitrogen functional groups attached to an aromatic ring is 1. The summed E-state index contributed by atoms with van der Waals surface area (Å²) in [5, 5.41) is 13.6. The second-order valence-corrected chi connectivity index (χ2v) is 4.71. The number of nitrogens with two attached hydrogens (primary N) is 1. The third-order valence-corrected chi connectivity index (χ3v) is 3.41. The molecule has 0 bridgehead atoms. The van der Waals surface area contributed by atoms with Gasteiger partial charge in [0.1, 0.15) is 0 Å². The van der Waals surface area contributed by atoms with Crippen molar-refractivity contribution in [3.05, 3.63) is 23.8 Å². The van der Waals surface area contributed by atoms with Crippen LogP contribution in [0.25, 0.3) is 0 Å². The molecule has 0 aliphatic carbocycles. The van der Waals surface area contributed by atoms with Gasteiger partial charge in [0.25, 0.3) is 0 Å². The molecule has 4 nitrogen and oxygen atoms in total. The third-order valence-electron chi connectivity index (χ3n) is 3.41. The molecule has 0 atom stereocenters. The highest BCUT2D eigenvalue weighted by atomic mass is 16.5. The Morgan fingerprint density at radius 2 is 2.12 bits per heavy atom. The largest absolute Gasteiger partial charge is 0.398 e. The van der Waals surface area contributed by atoms with E-state index in [1.54, 1.807) is 0 Å². The Morgan fingerprint density at radius 1 is 1.41 bits per heavy atom. The third kappa shape index (κ3) is 2.90. The van der Waals surface area contributed by atoms with Crippen molar-refractivity contribution in [3.8, 4) is 0 Å². The molecule has 0 spiro atoms. The number of anilines is 2. The fraction of sp³-hybridized carbons (Fsp3) is 0.538. The second-order valence-electron chi connectivity index (χ2n) is 4.71. The summed E-state index contributed by atoms with van der Waals surface area (Å²) in [4.78, 5) is 0. The lowest BCUT2D eigenvalue weighted by molar-refractivity contribution is -0.0543. The van der Waals surface area contributed by atoms with Crippen molar-refractivity contribution in [1.82, 2.24) is 0 Å². The molecule has 94 valence electrons. The lowest BCUT2D eigenvalue weighted by atomic mass is 9.94. The predicted octanol–water partition coefficient (Wildman–Crippen LogP) is 1.53. The van der Waals surface area contributed by atoms with Gasteiger partial charge in [-0.15, -0.1) is 0 Å². The van der Waals surface area contributed by atoms with Gasteiger partial charge in [-0.25, -0.2) is 0 Å². The first-order valence-corrected chi connectivity index (χ1v) is 6.00. The summed E-state index contributed by atoms with van der Waals surface area (Å²) in [7, 11) is 0. The quantitative estimate of drug-likeness (QED) is 0.696. The van der Waals surface area contributed by atoms with E-state index in [2.05, 4.69) is 5.32 Å². The molecule has 17 heavy (non-hydrogen) atoms. The molecular weight excluding hydrogens is 216 g/mol. The van der Waals surface area contributed by atoms with Crippen LogP contribution in [-0.2, 0) is 4.74 Å². The van der Waals surface area contributed by atoms with E-state index in [1.165, 1.54) is 0 Å². The lowest BCUT2D eigenvalue weighted by Gasteiger charge is -2.32. The van der Waals surface area contributed by atoms with Crippen molar-refractivity contribution < 1.29 is 9.84 Å². The summed E-state index contributed by atoms with van der Waals surface area (Å²) in [5.41, 5.74) is 7.98. The Hall–Kier alpha value is -1.26. The normalized spacial score (nSPS) is 18.9. The predicted molar refractivity (Wildman–Crippen MR) is 69.1 cm³/mol. The molecule has 0 aromatic heterocycles. The highest BCUT2D eigenvalue weighted by Crippen LogP contribution is 2.24. The zero-order valence-corrected chi connectivity index (χ0v) is 10.2. The Labute approximate surface area is 102 Å². The molecule has 4 N–H and O–H groups in total. The number of ether oxygens (including phenoxy) is 1. The number of hydrogen-bond donors (Lipinski definition) is 3. The van der Waals surface area contributed by atoms with Gasteiger partial charge in [-0.05, 0) is 24.6 Å². The van der Waals surface area contributed by atoms with Crippen molar-refractivity contribution in [3.63, 3.8) is 0 Å². The smallest absolute Gasteiger partial charge is 0.0863 e. The van der Waals surface area contributed by atoms with Gasteiger partial charge >= 0.3 is 0 Å². The van der Waals surface area contributed by atoms with E-state index in [1.807, 2.05) is 25.1 Å². The summed E-state index contributed by atoms with van der Waals surface area (Å²) in [6, 6.07) is 5.77. The Balaban J connectivity index is 1.99. The molecule has 1 aliphatic heterocycles. The van der Waals surface area contributed by atoms with Crippen LogP contribution >= 0.6 is 0 Å². The van der Waals surface area contributed by atoms with Crippen LogP contribution in [0.4, 0.5) is 11.4 Å². The number of hydrogen-bond acceptors (Lipinski definition) is 4. The summed E-state index contributed by atoms with van der Waals surface area (Å²) in [6.07, 6.45) is 1.36. The van der Waals surface area contributed by atoms with Gasteiger partial charge in [-0.1, -0.05) is 6.07 Å². The monoisotopic (exact) mass is 236 g/mol. The summed E-state index contributed by atoms with van der Waals surface area (Å²) >= 11 is 0. The molecule has 0 radical (unpaired) electrons. The Morgan fingerprint density at radius 3 is 2.82 bits per heavy atom. The first-order valence-electron chi connectivity index (χ1n) is 6.00. The summed E-state index contributed by atoms with van der Waals surface area (Å²) in [5.74, 6) is 0. The average molecular weight is 236 g/mol. The van der Waals surface area contributed by atoms with Gasteiger partial charge in [-0.2, -0.15) is 0 Å². The molecule has 1 aliphatic rings. The van der Waals surface area contributed by atoms with Crippen molar-refractivity contribution in [2.75, 3.05) is 30.8 Å². The first kappa shape index (κ1) is 12.2. The molecule has 0 unspecified atom stereocenters. The van der Waals surface area contributed by atoms with E-state index in [-0.39, 0.29) is 0 Å². The molecular formula is C13H20N2O2. The molecule has 4 heteroatoms. The molecule has 1 aromatic rings. The van der Waals surface area contributed by atoms with E-state index in [4.69, 9.17) is 10.5 Å². The molecule has 1 heterocycles. The minimum Gasteiger partial charge on any atom is -0.398 e. The standard InChI is InChI=1S/C13H20N2O2/c1-10-11(14)3-2-4-12(10)15-9-13(16)5-7-17-8-6-13/h2-4,15-16H,5-9,14H2,1H3. The van der Waals surface area contributed by atoms with Crippen LogP contribution in [0.3, 0.4) is 0 Å². The molecule has 2 rings (SSSR count). The minimum atomic E-state index is -0.657. The van der Waals surface area contributed by atoms with Crippen LogP contribution in [0.15, 0.2) is 18.2 Å². The van der Waals surface area contributed by atoms with E-state index in [9.17, 15) is 5.11 Å². The van der Waals surface area contributed by atoms with Gasteiger partial charge in [0, 0.05) is 44.0 Å². The molecule has 0 saturated carbocycles. The summed E-state index contributed by atoms with van der Waals surface area (Å²) < 4.78 is 5.25. The van der Waals surface area contributed by atoms with E-state index < -0.39 is 5.60 Å². The van der Waals surface area contributed by atoms with Crippen molar-refractivity contribution >= 4 is 11.4 Å². The fourth-order valence-electron chi connectivity index (χ4n) is 2.03. The van der Waals surface area contributed by atoms with Gasteiger partial charge in [0.15, 0.2) is 0 Å². The van der Waals surface area contributed by atoms with Crippen LogP contribution < -0.4 is 11.1 Å². The van der Waals surface area contributed by atoms with Crippen LogP contribution in [0, 0.1) is 6.92 Å². The SMILES string of the molecule is Cc1c(N)cccc1NCC1(O)CCOCC1. The number of aliphatic hydroxyl groups is 1.